The molecular weight excluding hydrogens is 298 g/mol. The average molecular weight is 317 g/mol. The zero-order chi connectivity index (χ0) is 14.8. The summed E-state index contributed by atoms with van der Waals surface area (Å²) in [4.78, 5) is 0. The van der Waals surface area contributed by atoms with Gasteiger partial charge in [-0.1, -0.05) is 0 Å². The minimum atomic E-state index is -3.22. The quantitative estimate of drug-likeness (QED) is 0.832. The largest absolute Gasteiger partial charge is 0.497 e. The SMILES string of the molecule is CCS(=O)(=O)N1CCSC1c1cc(OC)ccc1OC. The molecule has 0 N–H and O–H groups in total. The second-order valence-electron chi connectivity index (χ2n) is 4.34. The number of sulfonamides is 1. The van der Waals surface area contributed by atoms with Crippen molar-refractivity contribution in [2.24, 2.45) is 0 Å². The summed E-state index contributed by atoms with van der Waals surface area (Å²) in [6.07, 6.45) is 0. The summed E-state index contributed by atoms with van der Waals surface area (Å²) in [6, 6.07) is 5.46. The fraction of sp³-hybridized carbons (Fsp3) is 0.538. The molecule has 0 aliphatic carbocycles. The molecule has 5 nitrogen and oxygen atoms in total. The first-order valence-electron chi connectivity index (χ1n) is 6.36. The summed E-state index contributed by atoms with van der Waals surface area (Å²) in [7, 11) is -0.0456. The van der Waals surface area contributed by atoms with Gasteiger partial charge in [0, 0.05) is 17.9 Å². The number of hydrogen-bond acceptors (Lipinski definition) is 5. The van der Waals surface area contributed by atoms with E-state index in [1.54, 1.807) is 43.3 Å². The zero-order valence-corrected chi connectivity index (χ0v) is 13.5. The van der Waals surface area contributed by atoms with Crippen LogP contribution in [0.5, 0.6) is 11.5 Å². The monoisotopic (exact) mass is 317 g/mol. The first kappa shape index (κ1) is 15.5. The number of nitrogens with zero attached hydrogens (tertiary/aromatic N) is 1. The van der Waals surface area contributed by atoms with Gasteiger partial charge in [-0.2, -0.15) is 4.31 Å². The summed E-state index contributed by atoms with van der Waals surface area (Å²) < 4.78 is 36.5. The van der Waals surface area contributed by atoms with Crippen molar-refractivity contribution in [2.75, 3.05) is 32.3 Å². The highest BCUT2D eigenvalue weighted by atomic mass is 32.2. The van der Waals surface area contributed by atoms with E-state index in [4.69, 9.17) is 9.47 Å². The van der Waals surface area contributed by atoms with Crippen LogP contribution in [0.3, 0.4) is 0 Å². The molecule has 1 aromatic carbocycles. The lowest BCUT2D eigenvalue weighted by Gasteiger charge is -2.24. The van der Waals surface area contributed by atoms with Crippen molar-refractivity contribution < 1.29 is 17.9 Å². The predicted octanol–water partition coefficient (Wildman–Crippen LogP) is 2.10. The Hall–Kier alpha value is -0.920. The number of hydrogen-bond donors (Lipinski definition) is 0. The van der Waals surface area contributed by atoms with Gasteiger partial charge in [0.05, 0.1) is 25.3 Å². The first-order chi connectivity index (χ1) is 9.53. The zero-order valence-electron chi connectivity index (χ0n) is 11.8. The third-order valence-corrected chi connectivity index (χ3v) is 6.49. The number of ether oxygens (including phenoxy) is 2. The van der Waals surface area contributed by atoms with Crippen molar-refractivity contribution in [3.8, 4) is 11.5 Å². The molecule has 1 unspecified atom stereocenters. The van der Waals surface area contributed by atoms with Gasteiger partial charge in [0.1, 0.15) is 11.5 Å². The van der Waals surface area contributed by atoms with E-state index in [1.165, 1.54) is 0 Å². The lowest BCUT2D eigenvalue weighted by molar-refractivity contribution is 0.383. The second-order valence-corrected chi connectivity index (χ2v) is 7.74. The summed E-state index contributed by atoms with van der Waals surface area (Å²) in [6.45, 7) is 2.20. The molecule has 2 rings (SSSR count). The minimum Gasteiger partial charge on any atom is -0.497 e. The van der Waals surface area contributed by atoms with Gasteiger partial charge in [-0.25, -0.2) is 8.42 Å². The number of rotatable bonds is 5. The lowest BCUT2D eigenvalue weighted by atomic mass is 10.2. The molecule has 1 saturated heterocycles. The standard InChI is InChI=1S/C13H19NO4S2/c1-4-20(15,16)14-7-8-19-13(14)11-9-10(17-2)5-6-12(11)18-3/h5-6,9,13H,4,7-8H2,1-3H3. The highest BCUT2D eigenvalue weighted by molar-refractivity contribution is 8.00. The van der Waals surface area contributed by atoms with Gasteiger partial charge in [0.2, 0.25) is 10.0 Å². The Labute approximate surface area is 124 Å². The van der Waals surface area contributed by atoms with E-state index in [-0.39, 0.29) is 11.1 Å². The van der Waals surface area contributed by atoms with Crippen LogP contribution in [0.2, 0.25) is 0 Å². The van der Waals surface area contributed by atoms with Gasteiger partial charge in [-0.05, 0) is 25.1 Å². The Morgan fingerprint density at radius 2 is 2.10 bits per heavy atom. The molecule has 0 spiro atoms. The van der Waals surface area contributed by atoms with Crippen LogP contribution < -0.4 is 9.47 Å². The molecule has 1 aliphatic rings. The second kappa shape index (κ2) is 6.24. The van der Waals surface area contributed by atoms with Crippen LogP contribution in [-0.2, 0) is 10.0 Å². The maximum Gasteiger partial charge on any atom is 0.215 e. The van der Waals surface area contributed by atoms with Crippen LogP contribution in [0.4, 0.5) is 0 Å². The normalized spacial score (nSPS) is 20.1. The van der Waals surface area contributed by atoms with Crippen LogP contribution in [0.25, 0.3) is 0 Å². The van der Waals surface area contributed by atoms with Crippen LogP contribution >= 0.6 is 11.8 Å². The smallest absolute Gasteiger partial charge is 0.215 e. The van der Waals surface area contributed by atoms with E-state index < -0.39 is 10.0 Å². The van der Waals surface area contributed by atoms with Gasteiger partial charge >= 0.3 is 0 Å². The topological polar surface area (TPSA) is 55.8 Å². The van der Waals surface area contributed by atoms with Crippen LogP contribution in [-0.4, -0.2) is 45.0 Å². The summed E-state index contributed by atoms with van der Waals surface area (Å²) in [5.74, 6) is 2.27. The lowest BCUT2D eigenvalue weighted by Crippen LogP contribution is -2.31. The average Bonchev–Trinajstić information content (AvgIpc) is 2.96. The first-order valence-corrected chi connectivity index (χ1v) is 9.02. The van der Waals surface area contributed by atoms with E-state index in [2.05, 4.69) is 0 Å². The van der Waals surface area contributed by atoms with Gasteiger partial charge < -0.3 is 9.47 Å². The van der Waals surface area contributed by atoms with Gasteiger partial charge in [-0.15, -0.1) is 11.8 Å². The Morgan fingerprint density at radius 3 is 2.70 bits per heavy atom. The van der Waals surface area contributed by atoms with E-state index in [0.29, 0.717) is 18.0 Å². The van der Waals surface area contributed by atoms with Gasteiger partial charge in [0.25, 0.3) is 0 Å². The molecule has 0 saturated carbocycles. The van der Waals surface area contributed by atoms with Crippen molar-refractivity contribution in [3.63, 3.8) is 0 Å². The summed E-state index contributed by atoms with van der Waals surface area (Å²) in [5.41, 5.74) is 0.839. The molecule has 1 aromatic rings. The molecule has 1 aliphatic heterocycles. The molecule has 0 aromatic heterocycles. The van der Waals surface area contributed by atoms with E-state index in [0.717, 1.165) is 11.3 Å². The Balaban J connectivity index is 2.44. The van der Waals surface area contributed by atoms with Gasteiger partial charge in [-0.3, -0.25) is 0 Å². The molecular formula is C13H19NO4S2. The molecule has 1 heterocycles. The molecule has 20 heavy (non-hydrogen) atoms. The van der Waals surface area contributed by atoms with Crippen molar-refractivity contribution in [2.45, 2.75) is 12.3 Å². The van der Waals surface area contributed by atoms with Crippen LogP contribution in [0.1, 0.15) is 17.9 Å². The fourth-order valence-corrected chi connectivity index (χ4v) is 5.14. The summed E-state index contributed by atoms with van der Waals surface area (Å²) in [5, 5.41) is -0.245. The Bertz CT molecular complexity index is 574. The highest BCUT2D eigenvalue weighted by Gasteiger charge is 2.36. The third kappa shape index (κ3) is 2.89. The Kier molecular flexibility index (Phi) is 4.82. The fourth-order valence-electron chi connectivity index (χ4n) is 2.18. The molecule has 7 heteroatoms. The maximum atomic E-state index is 12.2. The number of thioether (sulfide) groups is 1. The predicted molar refractivity (Wildman–Crippen MR) is 80.9 cm³/mol. The molecule has 0 radical (unpaired) electrons. The number of methoxy groups -OCH3 is 2. The Morgan fingerprint density at radius 1 is 1.35 bits per heavy atom. The molecule has 112 valence electrons. The summed E-state index contributed by atoms with van der Waals surface area (Å²) >= 11 is 1.61. The molecule has 0 bridgehead atoms. The van der Waals surface area contributed by atoms with Crippen molar-refractivity contribution in [1.29, 1.82) is 0 Å². The number of benzene rings is 1. The van der Waals surface area contributed by atoms with E-state index in [1.807, 2.05) is 12.1 Å². The van der Waals surface area contributed by atoms with E-state index in [9.17, 15) is 8.42 Å². The molecule has 1 atom stereocenters. The van der Waals surface area contributed by atoms with Crippen LogP contribution in [0, 0.1) is 0 Å². The molecule has 1 fully saturated rings. The van der Waals surface area contributed by atoms with Crippen molar-refractivity contribution in [3.05, 3.63) is 23.8 Å². The van der Waals surface area contributed by atoms with Crippen molar-refractivity contribution >= 4 is 21.8 Å². The minimum absolute atomic E-state index is 0.107. The maximum absolute atomic E-state index is 12.2. The van der Waals surface area contributed by atoms with Gasteiger partial charge in [0.15, 0.2) is 0 Å². The van der Waals surface area contributed by atoms with Crippen molar-refractivity contribution in [1.82, 2.24) is 4.31 Å². The third-order valence-electron chi connectivity index (χ3n) is 3.27. The highest BCUT2D eigenvalue weighted by Crippen LogP contribution is 2.44. The van der Waals surface area contributed by atoms with E-state index >= 15 is 0 Å². The molecule has 0 amide bonds. The van der Waals surface area contributed by atoms with Crippen LogP contribution in [0.15, 0.2) is 18.2 Å².